The lowest BCUT2D eigenvalue weighted by Gasteiger charge is -2.22. The Hall–Kier alpha value is 0.540. The van der Waals surface area contributed by atoms with Crippen LogP contribution < -0.4 is 5.73 Å². The van der Waals surface area contributed by atoms with E-state index < -0.39 is 0 Å². The summed E-state index contributed by atoms with van der Waals surface area (Å²) in [6.07, 6.45) is 3.09. The highest BCUT2D eigenvalue weighted by molar-refractivity contribution is 8.77. The van der Waals surface area contributed by atoms with Gasteiger partial charge in [0.2, 0.25) is 0 Å². The van der Waals surface area contributed by atoms with Crippen molar-refractivity contribution in [3.8, 4) is 0 Å². The molecule has 0 spiro atoms. The molecule has 0 aliphatic heterocycles. The molecule has 0 radical (unpaired) electrons. The molecule has 0 rings (SSSR count). The van der Waals surface area contributed by atoms with Crippen LogP contribution in [0, 0.1) is 5.92 Å². The molecule has 4 nitrogen and oxygen atoms in total. The lowest BCUT2D eigenvalue weighted by Crippen LogP contribution is -2.17. The van der Waals surface area contributed by atoms with E-state index in [1.165, 1.54) is 0 Å². The van der Waals surface area contributed by atoms with Gasteiger partial charge in [-0.2, -0.15) is 0 Å². The molecule has 0 aliphatic rings. The summed E-state index contributed by atoms with van der Waals surface area (Å²) < 4.78 is 17.2. The van der Waals surface area contributed by atoms with Crippen LogP contribution in [0.4, 0.5) is 0 Å². The van der Waals surface area contributed by atoms with Gasteiger partial charge < -0.3 is 19.9 Å². The fraction of sp³-hybridized carbons (Fsp3) is 1.00. The van der Waals surface area contributed by atoms with Crippen molar-refractivity contribution in [2.24, 2.45) is 11.7 Å². The Bertz CT molecular complexity index is 268. The Labute approximate surface area is 166 Å². The van der Waals surface area contributed by atoms with Gasteiger partial charge in [0.1, 0.15) is 5.44 Å². The molecule has 0 aromatic rings. The van der Waals surface area contributed by atoms with Gasteiger partial charge in [-0.1, -0.05) is 70.1 Å². The van der Waals surface area contributed by atoms with E-state index in [2.05, 4.69) is 34.6 Å². The van der Waals surface area contributed by atoms with Crippen LogP contribution in [0.2, 0.25) is 0 Å². The molecule has 0 amide bonds. The molecule has 0 aliphatic carbocycles. The Morgan fingerprint density at radius 1 is 0.920 bits per heavy atom. The first-order valence-corrected chi connectivity index (χ1v) is 11.9. The van der Waals surface area contributed by atoms with Crippen LogP contribution in [0.5, 0.6) is 0 Å². The summed E-state index contributed by atoms with van der Waals surface area (Å²) in [5.41, 5.74) is 5.79. The van der Waals surface area contributed by atoms with Crippen LogP contribution in [0.3, 0.4) is 0 Å². The SMILES string of the molecule is CC.CC(C)CCOCCOCCOC(CCCN)SSC(C)(C)C.[HH]. The Morgan fingerprint density at radius 2 is 1.48 bits per heavy atom. The topological polar surface area (TPSA) is 53.7 Å². The van der Waals surface area contributed by atoms with E-state index in [9.17, 15) is 0 Å². The van der Waals surface area contributed by atoms with E-state index >= 15 is 0 Å². The Balaban J connectivity index is -0.00000170. The van der Waals surface area contributed by atoms with Gasteiger partial charge in [-0.3, -0.25) is 0 Å². The number of rotatable bonds is 15. The van der Waals surface area contributed by atoms with E-state index in [1.807, 2.05) is 24.6 Å². The van der Waals surface area contributed by atoms with Crippen LogP contribution in [-0.2, 0) is 14.2 Å². The third-order valence-corrected chi connectivity index (χ3v) is 6.41. The van der Waals surface area contributed by atoms with E-state index in [0.29, 0.717) is 38.9 Å². The molecule has 0 aromatic carbocycles. The van der Waals surface area contributed by atoms with Gasteiger partial charge in [-0.05, 0) is 31.7 Å². The van der Waals surface area contributed by atoms with Crippen LogP contribution in [-0.4, -0.2) is 49.8 Å². The Morgan fingerprint density at radius 3 is 2.00 bits per heavy atom. The van der Waals surface area contributed by atoms with Gasteiger partial charge >= 0.3 is 0 Å². The normalized spacial score (nSPS) is 12.8. The predicted molar refractivity (Wildman–Crippen MR) is 118 cm³/mol. The number of ether oxygens (including phenoxy) is 3. The van der Waals surface area contributed by atoms with E-state index in [1.54, 1.807) is 10.8 Å². The van der Waals surface area contributed by atoms with Crippen molar-refractivity contribution in [3.05, 3.63) is 0 Å². The van der Waals surface area contributed by atoms with Crippen molar-refractivity contribution in [2.45, 2.75) is 77.9 Å². The third kappa shape index (κ3) is 24.5. The second-order valence-corrected chi connectivity index (χ2v) is 10.1. The highest BCUT2D eigenvalue weighted by Gasteiger charge is 2.17. The van der Waals surface area contributed by atoms with Crippen molar-refractivity contribution >= 4 is 21.6 Å². The summed E-state index contributed by atoms with van der Waals surface area (Å²) in [4.78, 5) is 0. The van der Waals surface area contributed by atoms with Gasteiger partial charge in [0.05, 0.1) is 26.4 Å². The minimum Gasteiger partial charge on any atom is -0.379 e. The zero-order chi connectivity index (χ0) is 19.6. The average Bonchev–Trinajstić information content (AvgIpc) is 2.55. The minimum absolute atomic E-state index is 0. The number of hydrogen-bond acceptors (Lipinski definition) is 6. The van der Waals surface area contributed by atoms with Gasteiger partial charge in [-0.25, -0.2) is 0 Å². The van der Waals surface area contributed by atoms with Gasteiger partial charge in [0.25, 0.3) is 0 Å². The zero-order valence-corrected chi connectivity index (χ0v) is 19.3. The molecule has 0 aromatic heterocycles. The predicted octanol–water partition coefficient (Wildman–Crippen LogP) is 5.60. The molecule has 6 heteroatoms. The second-order valence-electron chi connectivity index (χ2n) is 6.93. The fourth-order valence-electron chi connectivity index (χ4n) is 1.52. The number of nitrogens with two attached hydrogens (primary N) is 1. The van der Waals surface area contributed by atoms with Crippen LogP contribution in [0.1, 0.15) is 69.2 Å². The zero-order valence-electron chi connectivity index (χ0n) is 17.6. The molecular weight excluding hydrogens is 354 g/mol. The molecule has 2 N–H and O–H groups in total. The molecule has 0 fully saturated rings. The first-order chi connectivity index (χ1) is 11.8. The largest absolute Gasteiger partial charge is 0.379 e. The molecule has 0 saturated carbocycles. The third-order valence-electron chi connectivity index (χ3n) is 2.79. The molecule has 0 bridgehead atoms. The fourth-order valence-corrected chi connectivity index (χ4v) is 3.98. The van der Waals surface area contributed by atoms with Gasteiger partial charge in [0.15, 0.2) is 0 Å². The monoisotopic (exact) mass is 399 g/mol. The minimum atomic E-state index is 0. The molecule has 1 atom stereocenters. The molecule has 0 saturated heterocycles. The first-order valence-electron chi connectivity index (χ1n) is 9.67. The van der Waals surface area contributed by atoms with E-state index in [0.717, 1.165) is 25.9 Å². The van der Waals surface area contributed by atoms with E-state index in [4.69, 9.17) is 19.9 Å². The van der Waals surface area contributed by atoms with Crippen molar-refractivity contribution in [1.82, 2.24) is 0 Å². The lowest BCUT2D eigenvalue weighted by molar-refractivity contribution is 0.00650. The van der Waals surface area contributed by atoms with Crippen molar-refractivity contribution in [3.63, 3.8) is 0 Å². The second kappa shape index (κ2) is 19.3. The molecular formula is C19H45NO3S2. The molecule has 1 unspecified atom stereocenters. The maximum atomic E-state index is 5.92. The maximum absolute atomic E-state index is 5.92. The standard InChI is InChI=1S/C17H37NO3S2.C2H6.H2/c1-15(2)8-10-19-11-12-20-13-14-21-16(7-6-9-18)22-23-17(3,4)5;1-2;/h15-16H,6-14,18H2,1-5H3;1-2H3;1H. The Kier molecular flexibility index (Phi) is 21.4. The van der Waals surface area contributed by atoms with Crippen molar-refractivity contribution < 1.29 is 15.6 Å². The maximum Gasteiger partial charge on any atom is 0.113 e. The summed E-state index contributed by atoms with van der Waals surface area (Å²) in [6.45, 7) is 19.1. The van der Waals surface area contributed by atoms with Crippen molar-refractivity contribution in [2.75, 3.05) is 39.6 Å². The summed E-state index contributed by atoms with van der Waals surface area (Å²) in [5, 5.41) is 0. The highest BCUT2D eigenvalue weighted by Crippen LogP contribution is 2.39. The average molecular weight is 400 g/mol. The van der Waals surface area contributed by atoms with Crippen LogP contribution in [0.15, 0.2) is 0 Å². The first kappa shape index (κ1) is 27.8. The molecule has 156 valence electrons. The summed E-state index contributed by atoms with van der Waals surface area (Å²) in [5.74, 6) is 0.693. The molecule has 0 heterocycles. The van der Waals surface area contributed by atoms with Gasteiger partial charge in [0, 0.05) is 12.8 Å². The quantitative estimate of drug-likeness (QED) is 0.220. The van der Waals surface area contributed by atoms with Crippen LogP contribution >= 0.6 is 21.6 Å². The number of hydrogen-bond donors (Lipinski definition) is 1. The highest BCUT2D eigenvalue weighted by atomic mass is 33.1. The van der Waals surface area contributed by atoms with Crippen molar-refractivity contribution in [1.29, 1.82) is 0 Å². The molecule has 25 heavy (non-hydrogen) atoms. The lowest BCUT2D eigenvalue weighted by atomic mass is 10.1. The summed E-state index contributed by atoms with van der Waals surface area (Å²) >= 11 is 0. The summed E-state index contributed by atoms with van der Waals surface area (Å²) in [6, 6.07) is 0. The van der Waals surface area contributed by atoms with Gasteiger partial charge in [-0.15, -0.1) is 0 Å². The summed E-state index contributed by atoms with van der Waals surface area (Å²) in [7, 11) is 3.67. The smallest absolute Gasteiger partial charge is 0.113 e. The van der Waals surface area contributed by atoms with E-state index in [-0.39, 0.29) is 11.6 Å². The van der Waals surface area contributed by atoms with Crippen LogP contribution in [0.25, 0.3) is 0 Å².